The van der Waals surface area contributed by atoms with Crippen molar-refractivity contribution in [1.29, 1.82) is 0 Å². The lowest BCUT2D eigenvalue weighted by molar-refractivity contribution is 0.186. The molecule has 2 aromatic rings. The molecule has 0 N–H and O–H groups in total. The topological polar surface area (TPSA) is 65.4 Å². The number of halogens is 1. The Morgan fingerprint density at radius 2 is 2.00 bits per heavy atom. The Bertz CT molecular complexity index is 767. The van der Waals surface area contributed by atoms with Gasteiger partial charge in [-0.2, -0.15) is 0 Å². The lowest BCUT2D eigenvalue weighted by atomic mass is 10.2. The molecule has 0 aliphatic carbocycles. The predicted octanol–water partition coefficient (Wildman–Crippen LogP) is 1.58. The molecular weight excluding hydrogens is 290 g/mol. The molecule has 0 bridgehead atoms. The molecule has 1 heterocycles. The summed E-state index contributed by atoms with van der Waals surface area (Å²) >= 11 is 0. The number of nitrogens with zero attached hydrogens (tertiary/aromatic N) is 1. The molecule has 0 aliphatic heterocycles. The van der Waals surface area contributed by atoms with Crippen molar-refractivity contribution in [2.24, 2.45) is 0 Å². The van der Waals surface area contributed by atoms with Crippen LogP contribution >= 0.6 is 10.7 Å². The van der Waals surface area contributed by atoms with Crippen molar-refractivity contribution in [2.75, 3.05) is 13.7 Å². The minimum Gasteiger partial charge on any atom is -0.383 e. The van der Waals surface area contributed by atoms with Crippen LogP contribution in [0.3, 0.4) is 0 Å². The van der Waals surface area contributed by atoms with Crippen LogP contribution in [0.15, 0.2) is 40.2 Å². The molecule has 0 amide bonds. The van der Waals surface area contributed by atoms with Gasteiger partial charge < -0.3 is 9.30 Å². The number of hydrogen-bond donors (Lipinski definition) is 0. The molecule has 0 aliphatic rings. The van der Waals surface area contributed by atoms with Gasteiger partial charge in [-0.15, -0.1) is 0 Å². The number of hydrogen-bond acceptors (Lipinski definition) is 4. The Balaban J connectivity index is 2.70. The first-order chi connectivity index (χ1) is 8.95. The van der Waals surface area contributed by atoms with E-state index < -0.39 is 9.05 Å². The molecule has 5 nitrogen and oxygen atoms in total. The minimum absolute atomic E-state index is 0.0531. The van der Waals surface area contributed by atoms with Gasteiger partial charge in [0.15, 0.2) is 0 Å². The first-order valence-corrected chi connectivity index (χ1v) is 7.82. The van der Waals surface area contributed by atoms with Crippen LogP contribution in [0.1, 0.15) is 0 Å². The average molecular weight is 302 g/mol. The largest absolute Gasteiger partial charge is 0.383 e. The third-order valence-electron chi connectivity index (χ3n) is 2.78. The molecule has 0 spiro atoms. The summed E-state index contributed by atoms with van der Waals surface area (Å²) in [6.45, 7) is 0.808. The van der Waals surface area contributed by atoms with Gasteiger partial charge in [-0.05, 0) is 18.2 Å². The van der Waals surface area contributed by atoms with E-state index in [0.29, 0.717) is 23.9 Å². The van der Waals surface area contributed by atoms with E-state index in [4.69, 9.17) is 15.4 Å². The predicted molar refractivity (Wildman–Crippen MR) is 73.1 cm³/mol. The molecule has 2 rings (SSSR count). The summed E-state index contributed by atoms with van der Waals surface area (Å²) in [5, 5.41) is 0.650. The van der Waals surface area contributed by atoms with Gasteiger partial charge in [0.05, 0.1) is 11.5 Å². The van der Waals surface area contributed by atoms with Crippen molar-refractivity contribution >= 4 is 30.5 Å². The standard InChI is InChI=1S/C12H12ClNO4S/c1-18-8-7-14-6-5-9-10(12(14)15)3-2-4-11(9)19(13,16)17/h2-6H,7-8H2,1H3. The van der Waals surface area contributed by atoms with Gasteiger partial charge in [0.1, 0.15) is 0 Å². The van der Waals surface area contributed by atoms with E-state index in [1.165, 1.54) is 22.9 Å². The molecule has 7 heteroatoms. The highest BCUT2D eigenvalue weighted by molar-refractivity contribution is 8.14. The third kappa shape index (κ3) is 2.80. The van der Waals surface area contributed by atoms with Crippen LogP contribution in [0.2, 0.25) is 0 Å². The molecule has 0 fully saturated rings. The molecule has 0 saturated carbocycles. The van der Waals surface area contributed by atoms with Gasteiger partial charge >= 0.3 is 0 Å². The molecule has 0 atom stereocenters. The normalized spacial score (nSPS) is 11.9. The number of benzene rings is 1. The van der Waals surface area contributed by atoms with Crippen LogP contribution in [0.5, 0.6) is 0 Å². The lowest BCUT2D eigenvalue weighted by Crippen LogP contribution is -2.21. The Morgan fingerprint density at radius 1 is 1.26 bits per heavy atom. The van der Waals surface area contributed by atoms with E-state index in [0.717, 1.165) is 0 Å². The fourth-order valence-electron chi connectivity index (χ4n) is 1.87. The summed E-state index contributed by atoms with van der Waals surface area (Å²) in [5.74, 6) is 0. The summed E-state index contributed by atoms with van der Waals surface area (Å²) in [6, 6.07) is 6.03. The Kier molecular flexibility index (Phi) is 3.93. The zero-order chi connectivity index (χ0) is 14.0. The van der Waals surface area contributed by atoms with Crippen LogP contribution in [0, 0.1) is 0 Å². The van der Waals surface area contributed by atoms with Gasteiger partial charge in [0, 0.05) is 41.3 Å². The Hall–Kier alpha value is -1.37. The van der Waals surface area contributed by atoms with E-state index in [1.807, 2.05) is 0 Å². The first kappa shape index (κ1) is 14.0. The summed E-state index contributed by atoms with van der Waals surface area (Å²) in [5.41, 5.74) is -0.267. The van der Waals surface area contributed by atoms with Crippen LogP contribution in [0.4, 0.5) is 0 Å². The first-order valence-electron chi connectivity index (χ1n) is 5.51. The zero-order valence-corrected chi connectivity index (χ0v) is 11.7. The van der Waals surface area contributed by atoms with Crippen molar-refractivity contribution < 1.29 is 13.2 Å². The summed E-state index contributed by atoms with van der Waals surface area (Å²) in [4.78, 5) is 12.1. The Morgan fingerprint density at radius 3 is 2.63 bits per heavy atom. The number of methoxy groups -OCH3 is 1. The van der Waals surface area contributed by atoms with Gasteiger partial charge in [-0.1, -0.05) is 6.07 Å². The molecule has 19 heavy (non-hydrogen) atoms. The summed E-state index contributed by atoms with van der Waals surface area (Å²) in [6.07, 6.45) is 1.54. The maximum absolute atomic E-state index is 12.2. The van der Waals surface area contributed by atoms with E-state index >= 15 is 0 Å². The van der Waals surface area contributed by atoms with Crippen molar-refractivity contribution in [3.8, 4) is 0 Å². The molecule has 102 valence electrons. The lowest BCUT2D eigenvalue weighted by Gasteiger charge is -2.08. The van der Waals surface area contributed by atoms with E-state index in [2.05, 4.69) is 0 Å². The maximum Gasteiger partial charge on any atom is 0.261 e. The molecular formula is C12H12ClNO4S. The molecule has 0 saturated heterocycles. The van der Waals surface area contributed by atoms with Crippen LogP contribution in [-0.2, 0) is 20.3 Å². The van der Waals surface area contributed by atoms with E-state index in [-0.39, 0.29) is 10.5 Å². The SMILES string of the molecule is COCCn1ccc2c(S(=O)(=O)Cl)cccc2c1=O. The molecule has 0 radical (unpaired) electrons. The van der Waals surface area contributed by atoms with Crippen molar-refractivity contribution in [1.82, 2.24) is 4.57 Å². The van der Waals surface area contributed by atoms with Gasteiger partial charge in [0.2, 0.25) is 0 Å². The van der Waals surface area contributed by atoms with Crippen LogP contribution in [0.25, 0.3) is 10.8 Å². The van der Waals surface area contributed by atoms with Gasteiger partial charge in [-0.3, -0.25) is 4.79 Å². The van der Waals surface area contributed by atoms with Gasteiger partial charge in [0.25, 0.3) is 14.6 Å². The summed E-state index contributed by atoms with van der Waals surface area (Å²) < 4.78 is 29.3. The number of fused-ring (bicyclic) bond motifs is 1. The summed E-state index contributed by atoms with van der Waals surface area (Å²) in [7, 11) is 3.03. The highest BCUT2D eigenvalue weighted by atomic mass is 35.7. The fourth-order valence-corrected chi connectivity index (χ4v) is 2.95. The minimum atomic E-state index is -3.88. The monoisotopic (exact) mass is 301 g/mol. The second-order valence-electron chi connectivity index (χ2n) is 3.96. The highest BCUT2D eigenvalue weighted by Gasteiger charge is 2.15. The van der Waals surface area contributed by atoms with Crippen molar-refractivity contribution in [2.45, 2.75) is 11.4 Å². The quantitative estimate of drug-likeness (QED) is 0.804. The third-order valence-corrected chi connectivity index (χ3v) is 4.16. The van der Waals surface area contributed by atoms with E-state index in [1.54, 1.807) is 19.2 Å². The molecule has 0 unspecified atom stereocenters. The van der Waals surface area contributed by atoms with Crippen LogP contribution < -0.4 is 5.56 Å². The zero-order valence-electron chi connectivity index (χ0n) is 10.2. The number of pyridine rings is 1. The highest BCUT2D eigenvalue weighted by Crippen LogP contribution is 2.23. The van der Waals surface area contributed by atoms with Gasteiger partial charge in [-0.25, -0.2) is 8.42 Å². The number of ether oxygens (including phenoxy) is 1. The van der Waals surface area contributed by atoms with Crippen molar-refractivity contribution in [3.63, 3.8) is 0 Å². The smallest absolute Gasteiger partial charge is 0.261 e. The fraction of sp³-hybridized carbons (Fsp3) is 0.250. The second kappa shape index (κ2) is 5.32. The van der Waals surface area contributed by atoms with E-state index in [9.17, 15) is 13.2 Å². The molecule has 1 aromatic carbocycles. The molecule has 1 aromatic heterocycles. The van der Waals surface area contributed by atoms with Crippen molar-refractivity contribution in [3.05, 3.63) is 40.8 Å². The van der Waals surface area contributed by atoms with Crippen LogP contribution in [-0.4, -0.2) is 26.7 Å². The maximum atomic E-state index is 12.2. The number of aromatic nitrogens is 1. The second-order valence-corrected chi connectivity index (χ2v) is 6.50. The number of rotatable bonds is 4. The Labute approximate surface area is 114 Å². The average Bonchev–Trinajstić information content (AvgIpc) is 2.36.